The predicted molar refractivity (Wildman–Crippen MR) is 88.5 cm³/mol. The largest absolute Gasteiger partial charge is 0.507 e. The zero-order chi connectivity index (χ0) is 15.9. The molecule has 0 bridgehead atoms. The number of rotatable bonds is 5. The Hall–Kier alpha value is -2.53. The van der Waals surface area contributed by atoms with Crippen molar-refractivity contribution in [1.29, 1.82) is 0 Å². The van der Waals surface area contributed by atoms with Crippen molar-refractivity contribution in [3.05, 3.63) is 58.6 Å². The number of amides is 1. The van der Waals surface area contributed by atoms with Gasteiger partial charge in [-0.2, -0.15) is 5.10 Å². The van der Waals surface area contributed by atoms with Gasteiger partial charge in [-0.25, -0.2) is 5.43 Å². The molecule has 3 N–H and O–H groups in total. The third-order valence-electron chi connectivity index (χ3n) is 3.04. The molecule has 0 unspecified atom stereocenters. The van der Waals surface area contributed by atoms with Crippen molar-refractivity contribution < 1.29 is 9.90 Å². The smallest absolute Gasteiger partial charge is 0.259 e. The number of phenolic OH excluding ortho intramolecular Hbond substituents is 1. The van der Waals surface area contributed by atoms with Crippen LogP contribution in [0.4, 0.5) is 5.69 Å². The summed E-state index contributed by atoms with van der Waals surface area (Å²) < 4.78 is 0. The first kappa shape index (κ1) is 15.9. The molecular weight excluding hydrogens is 302 g/mol. The maximum atomic E-state index is 11.7. The van der Waals surface area contributed by atoms with Gasteiger partial charge in [-0.15, -0.1) is 0 Å². The summed E-state index contributed by atoms with van der Waals surface area (Å²) in [6, 6.07) is 12.2. The fraction of sp³-hybridized carbons (Fsp3) is 0.125. The number of nitrogens with zero attached hydrogens (tertiary/aromatic N) is 1. The lowest BCUT2D eigenvalue weighted by atomic mass is 10.2. The Morgan fingerprint density at radius 3 is 2.82 bits per heavy atom. The van der Waals surface area contributed by atoms with Crippen molar-refractivity contribution in [3.63, 3.8) is 0 Å². The Bertz CT molecular complexity index is 702. The lowest BCUT2D eigenvalue weighted by Gasteiger charge is -2.09. The highest BCUT2D eigenvalue weighted by Crippen LogP contribution is 2.22. The second-order valence-electron chi connectivity index (χ2n) is 4.62. The van der Waals surface area contributed by atoms with Crippen molar-refractivity contribution in [2.45, 2.75) is 6.92 Å². The molecule has 0 aliphatic heterocycles. The van der Waals surface area contributed by atoms with Gasteiger partial charge >= 0.3 is 0 Å². The number of anilines is 1. The molecule has 2 aromatic rings. The summed E-state index contributed by atoms with van der Waals surface area (Å²) in [6.07, 6.45) is 1.39. The molecular formula is C16H16ClN3O2. The summed E-state index contributed by atoms with van der Waals surface area (Å²) in [4.78, 5) is 11.7. The minimum absolute atomic E-state index is 0.0687. The number of para-hydroxylation sites is 1. The van der Waals surface area contributed by atoms with Gasteiger partial charge in [-0.1, -0.05) is 29.8 Å². The standard InChI is InChI=1S/C16H16ClN3O2/c1-11-13(17)6-4-7-14(11)18-10-16(22)20-19-9-12-5-2-3-8-15(12)21/h2-9,18,21H,10H2,1H3,(H,20,22)/b19-9-. The highest BCUT2D eigenvalue weighted by atomic mass is 35.5. The molecule has 2 aromatic carbocycles. The molecule has 0 aliphatic carbocycles. The van der Waals surface area contributed by atoms with Crippen LogP contribution in [0.5, 0.6) is 5.75 Å². The zero-order valence-electron chi connectivity index (χ0n) is 12.0. The fourth-order valence-electron chi connectivity index (χ4n) is 1.78. The van der Waals surface area contributed by atoms with Crippen LogP contribution in [0.3, 0.4) is 0 Å². The summed E-state index contributed by atoms with van der Waals surface area (Å²) in [7, 11) is 0. The van der Waals surface area contributed by atoms with Gasteiger partial charge in [-0.05, 0) is 36.8 Å². The maximum Gasteiger partial charge on any atom is 0.259 e. The van der Waals surface area contributed by atoms with Crippen LogP contribution in [0.1, 0.15) is 11.1 Å². The van der Waals surface area contributed by atoms with E-state index in [9.17, 15) is 9.90 Å². The van der Waals surface area contributed by atoms with Gasteiger partial charge in [0, 0.05) is 16.3 Å². The van der Waals surface area contributed by atoms with Crippen LogP contribution < -0.4 is 10.7 Å². The first-order valence-electron chi connectivity index (χ1n) is 6.67. The third-order valence-corrected chi connectivity index (χ3v) is 3.45. The van der Waals surface area contributed by atoms with E-state index in [4.69, 9.17) is 11.6 Å². The minimum Gasteiger partial charge on any atom is -0.507 e. The molecule has 0 fully saturated rings. The Balaban J connectivity index is 1.86. The molecule has 114 valence electrons. The lowest BCUT2D eigenvalue weighted by Crippen LogP contribution is -2.26. The molecule has 0 spiro atoms. The summed E-state index contributed by atoms with van der Waals surface area (Å²) in [5.74, 6) is -0.195. The number of halogens is 1. The Morgan fingerprint density at radius 1 is 1.27 bits per heavy atom. The molecule has 5 nitrogen and oxygen atoms in total. The second kappa shape index (κ2) is 7.47. The van der Waals surface area contributed by atoms with Crippen LogP contribution in [0.2, 0.25) is 5.02 Å². The molecule has 0 atom stereocenters. The van der Waals surface area contributed by atoms with E-state index in [0.29, 0.717) is 10.6 Å². The average Bonchev–Trinajstić information content (AvgIpc) is 2.51. The quantitative estimate of drug-likeness (QED) is 0.586. The number of benzene rings is 2. The molecule has 0 saturated carbocycles. The van der Waals surface area contributed by atoms with Crippen molar-refractivity contribution >= 4 is 29.4 Å². The van der Waals surface area contributed by atoms with Gasteiger partial charge in [0.15, 0.2) is 0 Å². The van der Waals surface area contributed by atoms with Gasteiger partial charge < -0.3 is 10.4 Å². The number of phenols is 1. The van der Waals surface area contributed by atoms with Gasteiger partial charge in [-0.3, -0.25) is 4.79 Å². The predicted octanol–water partition coefficient (Wildman–Crippen LogP) is 2.92. The van der Waals surface area contributed by atoms with Gasteiger partial charge in [0.25, 0.3) is 5.91 Å². The number of nitrogens with one attached hydrogen (secondary N) is 2. The van der Waals surface area contributed by atoms with E-state index in [1.807, 2.05) is 19.1 Å². The average molecular weight is 318 g/mol. The van der Waals surface area contributed by atoms with Crippen molar-refractivity contribution in [2.75, 3.05) is 11.9 Å². The zero-order valence-corrected chi connectivity index (χ0v) is 12.8. The van der Waals surface area contributed by atoms with E-state index >= 15 is 0 Å². The molecule has 0 saturated heterocycles. The van der Waals surface area contributed by atoms with Crippen molar-refractivity contribution in [3.8, 4) is 5.75 Å². The fourth-order valence-corrected chi connectivity index (χ4v) is 1.96. The molecule has 6 heteroatoms. The number of carbonyl (C=O) groups excluding carboxylic acids is 1. The van der Waals surface area contributed by atoms with E-state index in [1.54, 1.807) is 30.3 Å². The number of aromatic hydroxyl groups is 1. The lowest BCUT2D eigenvalue weighted by molar-refractivity contribution is -0.119. The van der Waals surface area contributed by atoms with Crippen LogP contribution in [-0.4, -0.2) is 23.8 Å². The molecule has 0 radical (unpaired) electrons. The summed E-state index contributed by atoms with van der Waals surface area (Å²) in [6.45, 7) is 1.94. The number of hydrogen-bond acceptors (Lipinski definition) is 4. The van der Waals surface area contributed by atoms with Gasteiger partial charge in [0.05, 0.1) is 12.8 Å². The topological polar surface area (TPSA) is 73.7 Å². The first-order valence-corrected chi connectivity index (χ1v) is 7.04. The van der Waals surface area contributed by atoms with Crippen LogP contribution in [-0.2, 0) is 4.79 Å². The molecule has 2 rings (SSSR count). The molecule has 0 aromatic heterocycles. The summed E-state index contributed by atoms with van der Waals surface area (Å²) in [5.41, 5.74) is 4.60. The normalized spacial score (nSPS) is 10.6. The monoisotopic (exact) mass is 317 g/mol. The minimum atomic E-state index is -0.300. The van der Waals surface area contributed by atoms with E-state index in [2.05, 4.69) is 15.8 Å². The molecule has 0 aliphatic rings. The van der Waals surface area contributed by atoms with Gasteiger partial charge in [0.1, 0.15) is 5.75 Å². The van der Waals surface area contributed by atoms with Crippen molar-refractivity contribution in [2.24, 2.45) is 5.10 Å². The van der Waals surface area contributed by atoms with Crippen molar-refractivity contribution in [1.82, 2.24) is 5.43 Å². The van der Waals surface area contributed by atoms with Gasteiger partial charge in [0.2, 0.25) is 0 Å². The Morgan fingerprint density at radius 2 is 2.05 bits per heavy atom. The number of carbonyl (C=O) groups is 1. The number of hydrazone groups is 1. The van der Waals surface area contributed by atoms with E-state index in [0.717, 1.165) is 11.3 Å². The highest BCUT2D eigenvalue weighted by molar-refractivity contribution is 6.31. The van der Waals surface area contributed by atoms with Crippen LogP contribution in [0.15, 0.2) is 47.6 Å². The molecule has 0 heterocycles. The maximum absolute atomic E-state index is 11.7. The summed E-state index contributed by atoms with van der Waals surface area (Å²) >= 11 is 6.01. The molecule has 22 heavy (non-hydrogen) atoms. The first-order chi connectivity index (χ1) is 10.6. The van der Waals surface area contributed by atoms with E-state index in [-0.39, 0.29) is 18.2 Å². The van der Waals surface area contributed by atoms with E-state index in [1.165, 1.54) is 6.21 Å². The SMILES string of the molecule is Cc1c(Cl)cccc1NCC(=O)N/N=C\c1ccccc1O. The van der Waals surface area contributed by atoms with Crippen LogP contribution in [0.25, 0.3) is 0 Å². The second-order valence-corrected chi connectivity index (χ2v) is 5.03. The van der Waals surface area contributed by atoms with E-state index < -0.39 is 0 Å². The Labute approximate surface area is 133 Å². The Kier molecular flexibility index (Phi) is 5.38. The summed E-state index contributed by atoms with van der Waals surface area (Å²) in [5, 5.41) is 17.0. The third kappa shape index (κ3) is 4.23. The molecule has 1 amide bonds. The number of hydrogen-bond donors (Lipinski definition) is 3. The highest BCUT2D eigenvalue weighted by Gasteiger charge is 2.04. The van der Waals surface area contributed by atoms with Crippen LogP contribution >= 0.6 is 11.6 Å². The van der Waals surface area contributed by atoms with Crippen LogP contribution in [0, 0.1) is 6.92 Å².